The molecule has 0 aliphatic carbocycles. The minimum absolute atomic E-state index is 0.0129. The summed E-state index contributed by atoms with van der Waals surface area (Å²) in [6.07, 6.45) is -0.468. The fraction of sp³-hybridized carbons (Fsp3) is 0.500. The van der Waals surface area contributed by atoms with E-state index in [-0.39, 0.29) is 18.0 Å². The number of carboxylic acid groups (broad SMARTS) is 1. The van der Waals surface area contributed by atoms with E-state index in [0.717, 1.165) is 11.3 Å². The predicted molar refractivity (Wildman–Crippen MR) is 96.0 cm³/mol. The first-order chi connectivity index (χ1) is 11.5. The van der Waals surface area contributed by atoms with Gasteiger partial charge in [0.25, 0.3) is 0 Å². The molecule has 7 nitrogen and oxygen atoms in total. The standard InChI is InChI=1S/C18H24N4O3/c1-9-8-11(19)14-12(21(9)10(2)23)6-7-13-15(14)20-16(18(3,4)5)22(13)17(24)25/h6-7,9,11H,8,19H2,1-5H3,(H,24,25)/t9-,11+/m0/s1. The van der Waals surface area contributed by atoms with Gasteiger partial charge in [-0.1, -0.05) is 20.8 Å². The SMILES string of the molecule is CC(=O)N1c2ccc3c(nc(C(C)(C)C)n3C(=O)O)c2[C@H](N)C[C@@H]1C. The Balaban J connectivity index is 2.39. The number of nitrogens with zero attached hydrogens (tertiary/aromatic N) is 3. The van der Waals surface area contributed by atoms with Gasteiger partial charge in [0, 0.05) is 30.0 Å². The van der Waals surface area contributed by atoms with Crippen molar-refractivity contribution in [3.63, 3.8) is 0 Å². The minimum atomic E-state index is -1.08. The summed E-state index contributed by atoms with van der Waals surface area (Å²) in [6.45, 7) is 9.25. The maximum atomic E-state index is 12.1. The maximum Gasteiger partial charge on any atom is 0.417 e. The van der Waals surface area contributed by atoms with Gasteiger partial charge >= 0.3 is 6.09 Å². The van der Waals surface area contributed by atoms with Crippen LogP contribution in [-0.4, -0.2) is 32.7 Å². The van der Waals surface area contributed by atoms with Gasteiger partial charge in [-0.15, -0.1) is 0 Å². The molecule has 1 amide bonds. The zero-order valence-electron chi connectivity index (χ0n) is 15.2. The molecule has 1 aromatic carbocycles. The van der Waals surface area contributed by atoms with Crippen molar-refractivity contribution < 1.29 is 14.7 Å². The van der Waals surface area contributed by atoms with Crippen LogP contribution in [0.25, 0.3) is 11.0 Å². The summed E-state index contributed by atoms with van der Waals surface area (Å²) in [5.41, 5.74) is 8.47. The highest BCUT2D eigenvalue weighted by atomic mass is 16.4. The number of imidazole rings is 1. The molecule has 1 aromatic heterocycles. The van der Waals surface area contributed by atoms with E-state index in [1.807, 2.05) is 27.7 Å². The van der Waals surface area contributed by atoms with Crippen molar-refractivity contribution in [3.05, 3.63) is 23.5 Å². The predicted octanol–water partition coefficient (Wildman–Crippen LogP) is 3.00. The lowest BCUT2D eigenvalue weighted by Crippen LogP contribution is -2.43. The van der Waals surface area contributed by atoms with Crippen LogP contribution in [0.4, 0.5) is 10.5 Å². The number of hydrogen-bond donors (Lipinski definition) is 2. The molecule has 1 aliphatic rings. The number of rotatable bonds is 0. The van der Waals surface area contributed by atoms with Crippen molar-refractivity contribution in [1.29, 1.82) is 0 Å². The molecule has 0 fully saturated rings. The fourth-order valence-corrected chi connectivity index (χ4v) is 3.73. The Morgan fingerprint density at radius 3 is 2.48 bits per heavy atom. The third-order valence-electron chi connectivity index (χ3n) is 4.71. The number of anilines is 1. The van der Waals surface area contributed by atoms with Crippen LogP contribution in [-0.2, 0) is 10.2 Å². The van der Waals surface area contributed by atoms with Crippen LogP contribution in [0.1, 0.15) is 58.5 Å². The van der Waals surface area contributed by atoms with Crippen LogP contribution in [0.15, 0.2) is 12.1 Å². The summed E-state index contributed by atoms with van der Waals surface area (Å²) in [6, 6.07) is 3.18. The van der Waals surface area contributed by atoms with Gasteiger partial charge in [0.15, 0.2) is 0 Å². The Kier molecular flexibility index (Phi) is 3.87. The fourth-order valence-electron chi connectivity index (χ4n) is 3.73. The molecular weight excluding hydrogens is 320 g/mol. The van der Waals surface area contributed by atoms with Gasteiger partial charge in [-0.3, -0.25) is 4.79 Å². The Bertz CT molecular complexity index is 879. The summed E-state index contributed by atoms with van der Waals surface area (Å²) >= 11 is 0. The molecule has 0 bridgehead atoms. The third-order valence-corrected chi connectivity index (χ3v) is 4.71. The largest absolute Gasteiger partial charge is 0.464 e. The Morgan fingerprint density at radius 1 is 1.32 bits per heavy atom. The molecule has 3 N–H and O–H groups in total. The minimum Gasteiger partial charge on any atom is -0.464 e. The summed E-state index contributed by atoms with van der Waals surface area (Å²) in [4.78, 5) is 30.3. The molecule has 0 spiro atoms. The van der Waals surface area contributed by atoms with Crippen LogP contribution in [0.3, 0.4) is 0 Å². The number of nitrogens with two attached hydrogens (primary N) is 1. The number of hydrogen-bond acceptors (Lipinski definition) is 4. The summed E-state index contributed by atoms with van der Waals surface area (Å²) in [5.74, 6) is 0.400. The highest BCUT2D eigenvalue weighted by molar-refractivity contribution is 5.99. The molecule has 25 heavy (non-hydrogen) atoms. The van der Waals surface area contributed by atoms with E-state index in [2.05, 4.69) is 4.98 Å². The Labute approximate surface area is 146 Å². The zero-order valence-corrected chi connectivity index (χ0v) is 15.2. The molecule has 134 valence electrons. The van der Waals surface area contributed by atoms with Crippen LogP contribution in [0, 0.1) is 0 Å². The highest BCUT2D eigenvalue weighted by Crippen LogP contribution is 2.41. The van der Waals surface area contributed by atoms with Crippen LogP contribution >= 0.6 is 0 Å². The van der Waals surface area contributed by atoms with E-state index in [9.17, 15) is 14.7 Å². The Morgan fingerprint density at radius 2 is 1.96 bits per heavy atom. The first-order valence-electron chi connectivity index (χ1n) is 8.38. The monoisotopic (exact) mass is 344 g/mol. The second-order valence-electron chi connectivity index (χ2n) is 7.75. The topological polar surface area (TPSA) is 101 Å². The average Bonchev–Trinajstić information content (AvgIpc) is 2.85. The molecular formula is C18H24N4O3. The maximum absolute atomic E-state index is 12.1. The van der Waals surface area contributed by atoms with Crippen molar-refractivity contribution >= 4 is 28.7 Å². The van der Waals surface area contributed by atoms with E-state index >= 15 is 0 Å². The van der Waals surface area contributed by atoms with E-state index < -0.39 is 11.5 Å². The smallest absolute Gasteiger partial charge is 0.417 e. The van der Waals surface area contributed by atoms with E-state index in [1.54, 1.807) is 17.0 Å². The third kappa shape index (κ3) is 2.59. The molecule has 0 unspecified atom stereocenters. The summed E-state index contributed by atoms with van der Waals surface area (Å²) in [7, 11) is 0. The number of benzene rings is 1. The van der Waals surface area contributed by atoms with E-state index in [4.69, 9.17) is 5.73 Å². The molecule has 0 saturated heterocycles. The summed E-state index contributed by atoms with van der Waals surface area (Å²) < 4.78 is 1.22. The molecule has 2 heterocycles. The first-order valence-corrected chi connectivity index (χ1v) is 8.38. The van der Waals surface area contributed by atoms with Gasteiger partial charge in [-0.25, -0.2) is 14.3 Å². The second kappa shape index (κ2) is 5.56. The molecule has 1 aliphatic heterocycles. The van der Waals surface area contributed by atoms with Gasteiger partial charge < -0.3 is 15.7 Å². The van der Waals surface area contributed by atoms with Gasteiger partial charge in [0.1, 0.15) is 5.82 Å². The normalized spacial score (nSPS) is 20.6. The highest BCUT2D eigenvalue weighted by Gasteiger charge is 2.35. The lowest BCUT2D eigenvalue weighted by molar-refractivity contribution is -0.117. The van der Waals surface area contributed by atoms with Crippen LogP contribution < -0.4 is 10.6 Å². The number of aromatic nitrogens is 2. The van der Waals surface area contributed by atoms with Crippen molar-refractivity contribution in [2.45, 2.75) is 58.5 Å². The van der Waals surface area contributed by atoms with Crippen LogP contribution in [0.2, 0.25) is 0 Å². The Hall–Kier alpha value is -2.41. The lowest BCUT2D eigenvalue weighted by atomic mass is 9.91. The average molecular weight is 344 g/mol. The number of amides is 1. The van der Waals surface area contributed by atoms with Crippen LogP contribution in [0.5, 0.6) is 0 Å². The second-order valence-corrected chi connectivity index (χ2v) is 7.75. The lowest BCUT2D eigenvalue weighted by Gasteiger charge is -2.37. The van der Waals surface area contributed by atoms with Crippen molar-refractivity contribution in [3.8, 4) is 0 Å². The molecule has 3 rings (SSSR count). The van der Waals surface area contributed by atoms with Gasteiger partial charge in [0.2, 0.25) is 5.91 Å². The first kappa shape index (κ1) is 17.4. The van der Waals surface area contributed by atoms with Crippen molar-refractivity contribution in [2.24, 2.45) is 5.73 Å². The zero-order chi connectivity index (χ0) is 18.7. The van der Waals surface area contributed by atoms with E-state index in [0.29, 0.717) is 23.3 Å². The van der Waals surface area contributed by atoms with Crippen molar-refractivity contribution in [2.75, 3.05) is 4.90 Å². The molecule has 0 saturated carbocycles. The quantitative estimate of drug-likeness (QED) is 0.765. The number of carbonyl (C=O) groups is 2. The molecule has 2 aromatic rings. The summed E-state index contributed by atoms with van der Waals surface area (Å²) in [5, 5.41) is 9.70. The van der Waals surface area contributed by atoms with Gasteiger partial charge in [-0.2, -0.15) is 0 Å². The molecule has 2 atom stereocenters. The molecule has 0 radical (unpaired) electrons. The van der Waals surface area contributed by atoms with Gasteiger partial charge in [0.05, 0.1) is 16.7 Å². The van der Waals surface area contributed by atoms with E-state index in [1.165, 1.54) is 11.5 Å². The number of carbonyl (C=O) groups excluding carboxylic acids is 1. The van der Waals surface area contributed by atoms with Crippen molar-refractivity contribution in [1.82, 2.24) is 9.55 Å². The van der Waals surface area contributed by atoms with Gasteiger partial charge in [-0.05, 0) is 25.5 Å². The number of fused-ring (bicyclic) bond motifs is 3. The molecule has 7 heteroatoms.